The Hall–Kier alpha value is 0.630. The molecule has 0 aliphatic heterocycles. The van der Waals surface area contributed by atoms with Gasteiger partial charge in [0.15, 0.2) is 4.33 Å². The highest BCUT2D eigenvalue weighted by molar-refractivity contribution is 6.62. The quantitative estimate of drug-likeness (QED) is 0.505. The van der Waals surface area contributed by atoms with Crippen molar-refractivity contribution in [3.63, 3.8) is 0 Å². The van der Waals surface area contributed by atoms with E-state index in [9.17, 15) is 4.79 Å². The summed E-state index contributed by atoms with van der Waals surface area (Å²) >= 11 is 21.4. The first-order chi connectivity index (χ1) is 4.37. The third kappa shape index (κ3) is 1.45. The summed E-state index contributed by atoms with van der Waals surface area (Å²) in [6.45, 7) is 0. The molecule has 0 N–H and O–H groups in total. The summed E-state index contributed by atoms with van der Waals surface area (Å²) < 4.78 is 3.21. The van der Waals surface area contributed by atoms with Crippen LogP contribution in [0.5, 0.6) is 0 Å². The van der Waals surface area contributed by atoms with Crippen LogP contribution in [-0.4, -0.2) is 14.8 Å². The van der Waals surface area contributed by atoms with E-state index in [1.165, 1.54) is 0 Å². The first kappa shape index (κ1) is 8.72. The van der Waals surface area contributed by atoms with E-state index in [0.29, 0.717) is 0 Å². The largest absolute Gasteiger partial charge is 0.428 e. The topological polar surface area (TPSA) is 26.3 Å². The van der Waals surface area contributed by atoms with E-state index in [4.69, 9.17) is 46.4 Å². The minimum atomic E-state index is -1.31. The molecule has 0 bridgehead atoms. The molecule has 1 saturated carbocycles. The summed E-state index contributed by atoms with van der Waals surface area (Å²) in [5.41, 5.74) is -1.00. The molecule has 1 aliphatic rings. The lowest BCUT2D eigenvalue weighted by atomic mass is 10.8. The van der Waals surface area contributed by atoms with Gasteiger partial charge in [-0.25, -0.2) is 4.79 Å². The Kier molecular flexibility index (Phi) is 2.01. The van der Waals surface area contributed by atoms with Gasteiger partial charge in [0.25, 0.3) is 0 Å². The molecular formula is C4H2Cl4O2. The van der Waals surface area contributed by atoms with Crippen molar-refractivity contribution in [1.82, 2.24) is 0 Å². The molecule has 0 aromatic carbocycles. The minimum absolute atomic E-state index is 0.198. The molecule has 6 heteroatoms. The SMILES string of the molecule is O=C(Cl)OC1(Cl)CC1(Cl)Cl. The Bertz CT molecular complexity index is 180. The number of hydrogen-bond donors (Lipinski definition) is 0. The van der Waals surface area contributed by atoms with Crippen LogP contribution in [0.4, 0.5) is 4.79 Å². The minimum Gasteiger partial charge on any atom is -0.428 e. The second kappa shape index (κ2) is 2.31. The van der Waals surface area contributed by atoms with Gasteiger partial charge in [-0.1, -0.05) is 34.8 Å². The van der Waals surface area contributed by atoms with E-state index in [0.717, 1.165) is 0 Å². The van der Waals surface area contributed by atoms with Crippen LogP contribution in [-0.2, 0) is 4.74 Å². The molecular weight excluding hydrogens is 222 g/mol. The Morgan fingerprint density at radius 2 is 1.80 bits per heavy atom. The van der Waals surface area contributed by atoms with Gasteiger partial charge < -0.3 is 4.74 Å². The highest BCUT2D eigenvalue weighted by atomic mass is 35.5. The molecule has 1 unspecified atom stereocenters. The summed E-state index contributed by atoms with van der Waals surface area (Å²) in [6, 6.07) is 0. The molecule has 0 radical (unpaired) electrons. The zero-order valence-corrected chi connectivity index (χ0v) is 7.56. The lowest BCUT2D eigenvalue weighted by Gasteiger charge is -2.07. The normalized spacial score (nSPS) is 35.2. The highest BCUT2D eigenvalue weighted by Crippen LogP contribution is 2.62. The summed E-state index contributed by atoms with van der Waals surface area (Å²) in [5.74, 6) is 0. The molecule has 1 rings (SSSR count). The van der Waals surface area contributed by atoms with E-state index >= 15 is 0 Å². The lowest BCUT2D eigenvalue weighted by molar-refractivity contribution is 0.148. The Morgan fingerprint density at radius 3 is 1.90 bits per heavy atom. The Labute approximate surface area is 77.3 Å². The zero-order valence-electron chi connectivity index (χ0n) is 4.54. The van der Waals surface area contributed by atoms with Crippen molar-refractivity contribution in [3.8, 4) is 0 Å². The van der Waals surface area contributed by atoms with E-state index in [2.05, 4.69) is 4.74 Å². The molecule has 0 aromatic rings. The Balaban J connectivity index is 2.52. The molecule has 2 nitrogen and oxygen atoms in total. The highest BCUT2D eigenvalue weighted by Gasteiger charge is 2.69. The summed E-state index contributed by atoms with van der Waals surface area (Å²) in [5, 5.41) is -1.31. The third-order valence-corrected chi connectivity index (χ3v) is 2.79. The van der Waals surface area contributed by atoms with Crippen LogP contribution in [0.25, 0.3) is 0 Å². The van der Waals surface area contributed by atoms with Crippen LogP contribution < -0.4 is 0 Å². The maximum absolute atomic E-state index is 10.1. The molecule has 58 valence electrons. The van der Waals surface area contributed by atoms with E-state index in [1.807, 2.05) is 0 Å². The number of halogens is 4. The number of rotatable bonds is 1. The summed E-state index contributed by atoms with van der Waals surface area (Å²) in [7, 11) is 0. The van der Waals surface area contributed by atoms with Gasteiger partial charge in [-0.2, -0.15) is 0 Å². The van der Waals surface area contributed by atoms with Crippen LogP contribution in [0.3, 0.4) is 0 Å². The fourth-order valence-corrected chi connectivity index (χ4v) is 1.51. The molecule has 0 saturated heterocycles. The van der Waals surface area contributed by atoms with Gasteiger partial charge >= 0.3 is 5.43 Å². The van der Waals surface area contributed by atoms with Gasteiger partial charge in [0.1, 0.15) is 0 Å². The number of hydrogen-bond acceptors (Lipinski definition) is 2. The second-order valence-corrected chi connectivity index (χ2v) is 4.35. The van der Waals surface area contributed by atoms with Crippen LogP contribution in [0.2, 0.25) is 0 Å². The first-order valence-corrected chi connectivity index (χ1v) is 3.84. The van der Waals surface area contributed by atoms with Crippen molar-refractivity contribution in [2.75, 3.05) is 0 Å². The fraction of sp³-hybridized carbons (Fsp3) is 0.750. The maximum atomic E-state index is 10.1. The van der Waals surface area contributed by atoms with Gasteiger partial charge in [0, 0.05) is 18.0 Å². The predicted octanol–water partition coefficient (Wildman–Crippen LogP) is 2.87. The molecule has 1 atom stereocenters. The molecule has 0 aromatic heterocycles. The second-order valence-electron chi connectivity index (χ2n) is 1.95. The van der Waals surface area contributed by atoms with Crippen molar-refractivity contribution >= 4 is 51.8 Å². The molecule has 1 aliphatic carbocycles. The van der Waals surface area contributed by atoms with E-state index in [-0.39, 0.29) is 6.42 Å². The summed E-state index contributed by atoms with van der Waals surface area (Å²) in [6.07, 6.45) is 0.198. The van der Waals surface area contributed by atoms with Gasteiger partial charge in [-0.3, -0.25) is 0 Å². The Morgan fingerprint density at radius 1 is 1.40 bits per heavy atom. The van der Waals surface area contributed by atoms with Crippen LogP contribution in [0.15, 0.2) is 0 Å². The number of carbonyl (C=O) groups is 1. The predicted molar refractivity (Wildman–Crippen MR) is 40.0 cm³/mol. The zero-order chi connectivity index (χ0) is 7.99. The smallest absolute Gasteiger partial charge is 0.405 e. The molecule has 0 amide bonds. The van der Waals surface area contributed by atoms with Gasteiger partial charge in [0.2, 0.25) is 5.06 Å². The molecule has 10 heavy (non-hydrogen) atoms. The summed E-state index contributed by atoms with van der Waals surface area (Å²) in [4.78, 5) is 10.1. The van der Waals surface area contributed by atoms with Gasteiger partial charge in [0.05, 0.1) is 0 Å². The van der Waals surface area contributed by atoms with Crippen molar-refractivity contribution in [2.45, 2.75) is 15.8 Å². The van der Waals surface area contributed by atoms with Crippen LogP contribution in [0, 0.1) is 0 Å². The first-order valence-electron chi connectivity index (χ1n) is 2.33. The van der Waals surface area contributed by atoms with Crippen molar-refractivity contribution in [1.29, 1.82) is 0 Å². The monoisotopic (exact) mass is 222 g/mol. The van der Waals surface area contributed by atoms with Crippen molar-refractivity contribution in [2.24, 2.45) is 0 Å². The third-order valence-electron chi connectivity index (χ3n) is 1.11. The van der Waals surface area contributed by atoms with Crippen LogP contribution >= 0.6 is 46.4 Å². The van der Waals surface area contributed by atoms with Gasteiger partial charge in [-0.05, 0) is 0 Å². The van der Waals surface area contributed by atoms with E-state index in [1.54, 1.807) is 0 Å². The molecule has 0 spiro atoms. The standard InChI is InChI=1S/C4H2Cl4O2/c5-2(9)10-4(8)1-3(4,6)7/h1H2. The number of alkyl halides is 3. The number of ether oxygens (including phenoxy) is 1. The fourth-order valence-electron chi connectivity index (χ4n) is 0.479. The van der Waals surface area contributed by atoms with Crippen LogP contribution in [0.1, 0.15) is 6.42 Å². The average molecular weight is 224 g/mol. The molecule has 1 fully saturated rings. The number of carbonyl (C=O) groups excluding carboxylic acids is 1. The van der Waals surface area contributed by atoms with Gasteiger partial charge in [-0.15, -0.1) is 0 Å². The maximum Gasteiger partial charge on any atom is 0.405 e. The van der Waals surface area contributed by atoms with E-state index < -0.39 is 14.8 Å². The molecule has 0 heterocycles. The average Bonchev–Trinajstić information content (AvgIpc) is 2.01. The lowest BCUT2D eigenvalue weighted by Crippen LogP contribution is -2.15. The van der Waals surface area contributed by atoms with Crippen molar-refractivity contribution < 1.29 is 9.53 Å². The van der Waals surface area contributed by atoms with Crippen molar-refractivity contribution in [3.05, 3.63) is 0 Å².